The van der Waals surface area contributed by atoms with Crippen LogP contribution in [0.3, 0.4) is 0 Å². The lowest BCUT2D eigenvalue weighted by Gasteiger charge is -2.29. The Morgan fingerprint density at radius 3 is 2.55 bits per heavy atom. The van der Waals surface area contributed by atoms with Gasteiger partial charge in [-0.1, -0.05) is 23.7 Å². The van der Waals surface area contributed by atoms with Crippen LogP contribution in [0.15, 0.2) is 48.0 Å². The van der Waals surface area contributed by atoms with Gasteiger partial charge in [-0.3, -0.25) is 19.8 Å². The summed E-state index contributed by atoms with van der Waals surface area (Å²) in [6.45, 7) is 4.69. The molecule has 0 aromatic heterocycles. The number of carbonyl (C=O) groups excluding carboxylic acids is 2. The number of ether oxygens (including phenoxy) is 2. The Bertz CT molecular complexity index is 1010. The van der Waals surface area contributed by atoms with Crippen molar-refractivity contribution >= 4 is 52.5 Å². The van der Waals surface area contributed by atoms with E-state index in [1.54, 1.807) is 42.5 Å². The van der Waals surface area contributed by atoms with E-state index >= 15 is 0 Å². The topological polar surface area (TPSA) is 67.9 Å². The third-order valence-corrected chi connectivity index (χ3v) is 4.64. The van der Waals surface area contributed by atoms with Gasteiger partial charge in [0.25, 0.3) is 11.8 Å². The zero-order valence-corrected chi connectivity index (χ0v) is 17.5. The van der Waals surface area contributed by atoms with Crippen LogP contribution >= 0.6 is 23.8 Å². The summed E-state index contributed by atoms with van der Waals surface area (Å²) in [5.74, 6) is 0.0345. The summed E-state index contributed by atoms with van der Waals surface area (Å²) in [4.78, 5) is 26.8. The highest BCUT2D eigenvalue weighted by molar-refractivity contribution is 7.80. The number of amides is 2. The predicted octanol–water partition coefficient (Wildman–Crippen LogP) is 3.97. The SMILES string of the molecule is CCOc1cccc(N2C(=O)/C(=C/c3ccc(OCC)c(Cl)c3)C(=O)NC2=S)c1. The van der Waals surface area contributed by atoms with Crippen molar-refractivity contribution in [3.8, 4) is 11.5 Å². The summed E-state index contributed by atoms with van der Waals surface area (Å²) in [5.41, 5.74) is 1.04. The summed E-state index contributed by atoms with van der Waals surface area (Å²) in [5, 5.41) is 2.96. The first-order valence-corrected chi connectivity index (χ1v) is 9.79. The number of rotatable bonds is 6. The Morgan fingerprint density at radius 1 is 1.10 bits per heavy atom. The van der Waals surface area contributed by atoms with Crippen molar-refractivity contribution in [3.63, 3.8) is 0 Å². The fourth-order valence-electron chi connectivity index (χ4n) is 2.82. The van der Waals surface area contributed by atoms with Crippen LogP contribution in [0, 0.1) is 0 Å². The number of halogens is 1. The minimum absolute atomic E-state index is 0.00975. The zero-order chi connectivity index (χ0) is 21.0. The Labute approximate surface area is 179 Å². The molecule has 1 saturated heterocycles. The summed E-state index contributed by atoms with van der Waals surface area (Å²) >= 11 is 11.4. The summed E-state index contributed by atoms with van der Waals surface area (Å²) in [7, 11) is 0. The fraction of sp³-hybridized carbons (Fsp3) is 0.190. The van der Waals surface area contributed by atoms with Crippen molar-refractivity contribution in [2.24, 2.45) is 0 Å². The third-order valence-electron chi connectivity index (χ3n) is 4.06. The molecule has 1 N–H and O–H groups in total. The van der Waals surface area contributed by atoms with Gasteiger partial charge in [0.05, 0.1) is 23.9 Å². The van der Waals surface area contributed by atoms with Crippen LogP contribution in [0.25, 0.3) is 6.08 Å². The highest BCUT2D eigenvalue weighted by Gasteiger charge is 2.34. The molecule has 1 fully saturated rings. The van der Waals surface area contributed by atoms with Crippen LogP contribution in [-0.4, -0.2) is 30.1 Å². The van der Waals surface area contributed by atoms with Crippen LogP contribution in [0.2, 0.25) is 5.02 Å². The second kappa shape index (κ2) is 9.07. The van der Waals surface area contributed by atoms with Gasteiger partial charge in [0, 0.05) is 6.07 Å². The fourth-order valence-corrected chi connectivity index (χ4v) is 3.34. The van der Waals surface area contributed by atoms with Gasteiger partial charge >= 0.3 is 0 Å². The molecule has 8 heteroatoms. The van der Waals surface area contributed by atoms with Crippen molar-refractivity contribution in [1.82, 2.24) is 5.32 Å². The highest BCUT2D eigenvalue weighted by Crippen LogP contribution is 2.28. The lowest BCUT2D eigenvalue weighted by molar-refractivity contribution is -0.122. The minimum atomic E-state index is -0.567. The first kappa shape index (κ1) is 20.8. The Hall–Kier alpha value is -2.90. The first-order valence-electron chi connectivity index (χ1n) is 9.01. The van der Waals surface area contributed by atoms with Gasteiger partial charge in [-0.05, 0) is 62.0 Å². The molecule has 29 heavy (non-hydrogen) atoms. The lowest BCUT2D eigenvalue weighted by Crippen LogP contribution is -2.54. The molecule has 0 bridgehead atoms. The zero-order valence-electron chi connectivity index (χ0n) is 15.9. The van der Waals surface area contributed by atoms with E-state index in [2.05, 4.69) is 5.32 Å². The average Bonchev–Trinajstić information content (AvgIpc) is 2.68. The summed E-state index contributed by atoms with van der Waals surface area (Å²) in [6, 6.07) is 12.0. The summed E-state index contributed by atoms with van der Waals surface area (Å²) in [6.07, 6.45) is 1.47. The van der Waals surface area contributed by atoms with Gasteiger partial charge in [-0.15, -0.1) is 0 Å². The monoisotopic (exact) mass is 430 g/mol. The number of nitrogens with zero attached hydrogens (tertiary/aromatic N) is 1. The van der Waals surface area contributed by atoms with E-state index in [4.69, 9.17) is 33.3 Å². The summed E-state index contributed by atoms with van der Waals surface area (Å²) < 4.78 is 10.9. The van der Waals surface area contributed by atoms with Crippen LogP contribution < -0.4 is 19.7 Å². The van der Waals surface area contributed by atoms with Gasteiger partial charge in [-0.2, -0.15) is 0 Å². The second-order valence-electron chi connectivity index (χ2n) is 6.01. The van der Waals surface area contributed by atoms with E-state index in [9.17, 15) is 9.59 Å². The molecule has 0 saturated carbocycles. The number of nitrogens with one attached hydrogen (secondary N) is 1. The molecule has 0 aliphatic carbocycles. The molecule has 1 aliphatic heterocycles. The number of hydrogen-bond donors (Lipinski definition) is 1. The molecule has 2 amide bonds. The molecule has 2 aromatic rings. The smallest absolute Gasteiger partial charge is 0.270 e. The van der Waals surface area contributed by atoms with E-state index in [0.717, 1.165) is 0 Å². The van der Waals surface area contributed by atoms with E-state index in [-0.39, 0.29) is 10.7 Å². The molecule has 6 nitrogen and oxygen atoms in total. The molecule has 0 atom stereocenters. The van der Waals surface area contributed by atoms with Crippen molar-refractivity contribution in [3.05, 3.63) is 58.6 Å². The molecule has 150 valence electrons. The molecule has 0 spiro atoms. The standard InChI is InChI=1S/C21H19ClN2O4S/c1-3-27-15-7-5-6-14(12-15)24-20(26)16(19(25)23-21(24)29)10-13-8-9-18(28-4-2)17(22)11-13/h5-12H,3-4H2,1-2H3,(H,23,25,29)/b16-10+. The van der Waals surface area contributed by atoms with Crippen molar-refractivity contribution in [2.75, 3.05) is 18.1 Å². The van der Waals surface area contributed by atoms with E-state index < -0.39 is 11.8 Å². The maximum atomic E-state index is 13.1. The van der Waals surface area contributed by atoms with Gasteiger partial charge in [0.1, 0.15) is 17.1 Å². The van der Waals surface area contributed by atoms with E-state index in [1.165, 1.54) is 11.0 Å². The third kappa shape index (κ3) is 4.58. The molecular weight excluding hydrogens is 412 g/mol. The van der Waals surface area contributed by atoms with Crippen molar-refractivity contribution in [2.45, 2.75) is 13.8 Å². The maximum absolute atomic E-state index is 13.1. The van der Waals surface area contributed by atoms with Gasteiger partial charge in [0.2, 0.25) is 0 Å². The quantitative estimate of drug-likeness (QED) is 0.426. The molecule has 1 aliphatic rings. The van der Waals surface area contributed by atoms with E-state index in [0.29, 0.717) is 41.0 Å². The molecule has 0 radical (unpaired) electrons. The normalized spacial score (nSPS) is 15.5. The Kier molecular flexibility index (Phi) is 6.51. The maximum Gasteiger partial charge on any atom is 0.270 e. The Morgan fingerprint density at radius 2 is 1.86 bits per heavy atom. The first-order chi connectivity index (χ1) is 13.9. The predicted molar refractivity (Wildman–Crippen MR) is 116 cm³/mol. The lowest BCUT2D eigenvalue weighted by atomic mass is 10.1. The largest absolute Gasteiger partial charge is 0.494 e. The van der Waals surface area contributed by atoms with Crippen LogP contribution in [0.5, 0.6) is 11.5 Å². The van der Waals surface area contributed by atoms with Gasteiger partial charge in [0.15, 0.2) is 5.11 Å². The number of hydrogen-bond acceptors (Lipinski definition) is 5. The second-order valence-corrected chi connectivity index (χ2v) is 6.80. The Balaban J connectivity index is 1.96. The number of carbonyl (C=O) groups is 2. The average molecular weight is 431 g/mol. The van der Waals surface area contributed by atoms with E-state index in [1.807, 2.05) is 13.8 Å². The molecular formula is C21H19ClN2O4S. The number of thiocarbonyl (C=S) groups is 1. The highest BCUT2D eigenvalue weighted by atomic mass is 35.5. The molecule has 2 aromatic carbocycles. The number of anilines is 1. The molecule has 1 heterocycles. The van der Waals surface area contributed by atoms with Crippen LogP contribution in [-0.2, 0) is 9.59 Å². The molecule has 3 rings (SSSR count). The van der Waals surface area contributed by atoms with Gasteiger partial charge in [-0.25, -0.2) is 0 Å². The number of benzene rings is 2. The van der Waals surface area contributed by atoms with Crippen molar-refractivity contribution in [1.29, 1.82) is 0 Å². The van der Waals surface area contributed by atoms with Crippen LogP contribution in [0.4, 0.5) is 5.69 Å². The van der Waals surface area contributed by atoms with Crippen LogP contribution in [0.1, 0.15) is 19.4 Å². The van der Waals surface area contributed by atoms with Gasteiger partial charge < -0.3 is 9.47 Å². The van der Waals surface area contributed by atoms with Crippen molar-refractivity contribution < 1.29 is 19.1 Å². The minimum Gasteiger partial charge on any atom is -0.494 e. The molecule has 0 unspecified atom stereocenters.